The van der Waals surface area contributed by atoms with E-state index in [2.05, 4.69) is 141 Å². The van der Waals surface area contributed by atoms with Crippen molar-refractivity contribution in [2.75, 3.05) is 0 Å². The highest BCUT2D eigenvalue weighted by molar-refractivity contribution is 6.23. The number of fused-ring (bicyclic) bond motifs is 10. The Labute approximate surface area is 315 Å². The number of hydrogen-bond donors (Lipinski definition) is 0. The quantitative estimate of drug-likeness (QED) is 0.183. The van der Waals surface area contributed by atoms with Crippen LogP contribution in [0.15, 0.2) is 170 Å². The van der Waals surface area contributed by atoms with Crippen molar-refractivity contribution < 1.29 is 0 Å². The van der Waals surface area contributed by atoms with Gasteiger partial charge in [-0.25, -0.2) is 4.98 Å². The smallest absolute Gasteiger partial charge is 0.145 e. The Kier molecular flexibility index (Phi) is 6.58. The Balaban J connectivity index is 1.18. The number of aromatic nitrogens is 4. The molecule has 0 aliphatic rings. The van der Waals surface area contributed by atoms with Gasteiger partial charge in [-0.05, 0) is 96.1 Å². The second kappa shape index (κ2) is 11.8. The minimum absolute atomic E-state index is 0.560. The third-order valence-corrected chi connectivity index (χ3v) is 10.9. The predicted octanol–water partition coefficient (Wildman–Crippen LogP) is 11.8. The molecular formula is C49H28N6. The van der Waals surface area contributed by atoms with Crippen LogP contribution in [0.3, 0.4) is 0 Å². The molecule has 55 heavy (non-hydrogen) atoms. The first-order valence-corrected chi connectivity index (χ1v) is 18.2. The van der Waals surface area contributed by atoms with Crippen LogP contribution in [-0.2, 0) is 0 Å². The maximum atomic E-state index is 10.3. The van der Waals surface area contributed by atoms with Gasteiger partial charge in [-0.2, -0.15) is 10.5 Å². The van der Waals surface area contributed by atoms with Crippen LogP contribution in [0.2, 0.25) is 0 Å². The standard InChI is InChI=1S/C49H28N6/c50-29-31-19-22-46-43(26-31)39-15-5-6-17-44(39)53(46)37-25-32(30-51)24-34(28-37)33-10-8-13-36(27-33)55-48-41(42-16-9-23-52-49(42)55)21-20-40-38-14-4-7-18-45(38)54(47(40)48)35-11-2-1-3-12-35/h1-28H. The summed E-state index contributed by atoms with van der Waals surface area (Å²) < 4.78 is 6.86. The average Bonchev–Trinajstić information content (AvgIpc) is 3.89. The van der Waals surface area contributed by atoms with Crippen molar-refractivity contribution in [3.8, 4) is 40.3 Å². The summed E-state index contributed by atoms with van der Waals surface area (Å²) in [5.74, 6) is 0. The normalized spacial score (nSPS) is 11.6. The summed E-state index contributed by atoms with van der Waals surface area (Å²) in [5.41, 5.74) is 12.2. The monoisotopic (exact) mass is 700 g/mol. The molecule has 0 atom stereocenters. The number of pyridine rings is 1. The Morgan fingerprint density at radius 2 is 1.02 bits per heavy atom. The first kappa shape index (κ1) is 30.7. The van der Waals surface area contributed by atoms with Gasteiger partial charge in [0.1, 0.15) is 5.65 Å². The summed E-state index contributed by atoms with van der Waals surface area (Å²) in [4.78, 5) is 4.99. The van der Waals surface area contributed by atoms with Crippen LogP contribution in [0.1, 0.15) is 11.1 Å². The lowest BCUT2D eigenvalue weighted by molar-refractivity contribution is 1.12. The van der Waals surface area contributed by atoms with Crippen LogP contribution >= 0.6 is 0 Å². The fourth-order valence-corrected chi connectivity index (χ4v) is 8.59. The molecule has 11 rings (SSSR count). The predicted molar refractivity (Wildman–Crippen MR) is 222 cm³/mol. The maximum Gasteiger partial charge on any atom is 0.145 e. The molecule has 0 amide bonds. The summed E-state index contributed by atoms with van der Waals surface area (Å²) in [6.07, 6.45) is 1.86. The van der Waals surface area contributed by atoms with Crippen molar-refractivity contribution in [2.45, 2.75) is 0 Å². The van der Waals surface area contributed by atoms with Crippen LogP contribution in [0.4, 0.5) is 0 Å². The Morgan fingerprint density at radius 3 is 1.82 bits per heavy atom. The van der Waals surface area contributed by atoms with E-state index in [1.807, 2.05) is 54.7 Å². The molecule has 0 fully saturated rings. The SMILES string of the molecule is N#Cc1cc(-c2cccc(-n3c4ncccc4c4ccc5c6ccccc6n(-c6ccccc6)c5c43)c2)cc(-n2c3ccccc3c3cc(C#N)ccc32)c1. The topological polar surface area (TPSA) is 75.3 Å². The van der Waals surface area contributed by atoms with Gasteiger partial charge in [-0.1, -0.05) is 78.9 Å². The molecule has 7 aromatic carbocycles. The fraction of sp³-hybridized carbons (Fsp3) is 0. The number of hydrogen-bond acceptors (Lipinski definition) is 3. The van der Waals surface area contributed by atoms with Crippen LogP contribution in [0, 0.1) is 22.7 Å². The fourth-order valence-electron chi connectivity index (χ4n) is 8.59. The van der Waals surface area contributed by atoms with Crippen molar-refractivity contribution in [1.29, 1.82) is 10.5 Å². The molecule has 0 saturated carbocycles. The van der Waals surface area contributed by atoms with Gasteiger partial charge >= 0.3 is 0 Å². The second-order valence-corrected chi connectivity index (χ2v) is 13.9. The zero-order chi connectivity index (χ0) is 36.6. The van der Waals surface area contributed by atoms with Crippen molar-refractivity contribution in [1.82, 2.24) is 18.7 Å². The van der Waals surface area contributed by atoms with Crippen LogP contribution in [0.25, 0.3) is 93.7 Å². The highest BCUT2D eigenvalue weighted by Crippen LogP contribution is 2.42. The molecule has 0 spiro atoms. The van der Waals surface area contributed by atoms with Crippen LogP contribution in [0.5, 0.6) is 0 Å². The number of para-hydroxylation sites is 3. The van der Waals surface area contributed by atoms with E-state index in [0.717, 1.165) is 83.0 Å². The third-order valence-electron chi connectivity index (χ3n) is 10.9. The summed E-state index contributed by atoms with van der Waals surface area (Å²) in [6.45, 7) is 0. The molecule has 0 radical (unpaired) electrons. The van der Waals surface area contributed by atoms with Crippen molar-refractivity contribution in [2.24, 2.45) is 0 Å². The van der Waals surface area contributed by atoms with Gasteiger partial charge in [-0.3, -0.25) is 4.57 Å². The summed E-state index contributed by atoms with van der Waals surface area (Å²) in [6, 6.07) is 61.1. The maximum absolute atomic E-state index is 10.3. The zero-order valence-corrected chi connectivity index (χ0v) is 29.3. The van der Waals surface area contributed by atoms with Crippen molar-refractivity contribution in [3.63, 3.8) is 0 Å². The lowest BCUT2D eigenvalue weighted by Crippen LogP contribution is -2.00. The van der Waals surface area contributed by atoms with Gasteiger partial charge in [-0.15, -0.1) is 0 Å². The molecule has 4 heterocycles. The highest BCUT2D eigenvalue weighted by atomic mass is 15.1. The zero-order valence-electron chi connectivity index (χ0n) is 29.3. The lowest BCUT2D eigenvalue weighted by Gasteiger charge is -2.14. The van der Waals surface area contributed by atoms with E-state index in [1.165, 1.54) is 10.8 Å². The van der Waals surface area contributed by atoms with E-state index in [9.17, 15) is 10.5 Å². The average molecular weight is 701 g/mol. The molecule has 11 aromatic rings. The first-order chi connectivity index (χ1) is 27.2. The first-order valence-electron chi connectivity index (χ1n) is 18.2. The van der Waals surface area contributed by atoms with Gasteiger partial charge in [0.05, 0.1) is 50.8 Å². The molecule has 4 aromatic heterocycles. The van der Waals surface area contributed by atoms with Crippen LogP contribution in [-0.4, -0.2) is 18.7 Å². The largest absolute Gasteiger partial charge is 0.309 e. The number of benzene rings is 7. The summed E-state index contributed by atoms with van der Waals surface area (Å²) in [7, 11) is 0. The molecular weight excluding hydrogens is 673 g/mol. The van der Waals surface area contributed by atoms with Gasteiger partial charge < -0.3 is 9.13 Å². The molecule has 0 bridgehead atoms. The van der Waals surface area contributed by atoms with E-state index in [4.69, 9.17) is 4.98 Å². The molecule has 6 nitrogen and oxygen atoms in total. The Morgan fingerprint density at radius 1 is 0.382 bits per heavy atom. The molecule has 0 saturated heterocycles. The van der Waals surface area contributed by atoms with E-state index in [0.29, 0.717) is 11.1 Å². The van der Waals surface area contributed by atoms with Gasteiger partial charge in [0.25, 0.3) is 0 Å². The van der Waals surface area contributed by atoms with E-state index in [-0.39, 0.29) is 0 Å². The van der Waals surface area contributed by atoms with Gasteiger partial charge in [0.2, 0.25) is 0 Å². The molecule has 0 aliphatic carbocycles. The lowest BCUT2D eigenvalue weighted by atomic mass is 10.0. The molecule has 0 N–H and O–H groups in total. The summed E-state index contributed by atoms with van der Waals surface area (Å²) >= 11 is 0. The molecule has 0 aliphatic heterocycles. The van der Waals surface area contributed by atoms with E-state index < -0.39 is 0 Å². The molecule has 6 heteroatoms. The molecule has 254 valence electrons. The second-order valence-electron chi connectivity index (χ2n) is 13.9. The van der Waals surface area contributed by atoms with Crippen molar-refractivity contribution in [3.05, 3.63) is 181 Å². The molecule has 0 unspecified atom stereocenters. The highest BCUT2D eigenvalue weighted by Gasteiger charge is 2.22. The van der Waals surface area contributed by atoms with E-state index >= 15 is 0 Å². The van der Waals surface area contributed by atoms with Gasteiger partial charge in [0.15, 0.2) is 0 Å². The minimum Gasteiger partial charge on any atom is -0.309 e. The van der Waals surface area contributed by atoms with Crippen LogP contribution < -0.4 is 0 Å². The van der Waals surface area contributed by atoms with Gasteiger partial charge in [0, 0.05) is 55.6 Å². The summed E-state index contributed by atoms with van der Waals surface area (Å²) in [5, 5.41) is 26.6. The minimum atomic E-state index is 0.560. The number of nitrogens with zero attached hydrogens (tertiary/aromatic N) is 6. The Hall–Kier alpha value is -7.93. The Bertz CT molecular complexity index is 3460. The van der Waals surface area contributed by atoms with Crippen molar-refractivity contribution >= 4 is 65.5 Å². The van der Waals surface area contributed by atoms with E-state index in [1.54, 1.807) is 0 Å². The number of rotatable bonds is 4. The number of nitriles is 2. The third kappa shape index (κ3) is 4.50.